The van der Waals surface area contributed by atoms with E-state index in [0.717, 1.165) is 0 Å². The lowest BCUT2D eigenvalue weighted by atomic mass is 9.89. The summed E-state index contributed by atoms with van der Waals surface area (Å²) in [5.74, 6) is -0.134. The molecule has 0 spiro atoms. The molecule has 0 unspecified atom stereocenters. The van der Waals surface area contributed by atoms with Crippen LogP contribution in [0.4, 0.5) is 0 Å². The Morgan fingerprint density at radius 3 is 3.00 bits per heavy atom. The predicted molar refractivity (Wildman–Crippen MR) is 45.1 cm³/mol. The van der Waals surface area contributed by atoms with Crippen molar-refractivity contribution in [2.75, 3.05) is 0 Å². The molecule has 0 saturated heterocycles. The molecule has 1 aliphatic carbocycles. The molecule has 70 valence electrons. The minimum Gasteiger partial charge on any atom is -0.393 e. The number of carbonyl (C=O) groups excluding carboxylic acids is 1. The van der Waals surface area contributed by atoms with Crippen LogP contribution in [0.2, 0.25) is 0 Å². The summed E-state index contributed by atoms with van der Waals surface area (Å²) >= 11 is 0. The average molecular weight is 181 g/mol. The summed E-state index contributed by atoms with van der Waals surface area (Å²) in [4.78, 5) is 11.4. The first kappa shape index (κ1) is 8.25. The van der Waals surface area contributed by atoms with Gasteiger partial charge < -0.3 is 10.4 Å². The van der Waals surface area contributed by atoms with Crippen LogP contribution in [0.3, 0.4) is 0 Å². The van der Waals surface area contributed by atoms with E-state index in [9.17, 15) is 4.79 Å². The van der Waals surface area contributed by atoms with Crippen LogP contribution < -0.4 is 5.32 Å². The lowest BCUT2D eigenvalue weighted by Crippen LogP contribution is -2.46. The summed E-state index contributed by atoms with van der Waals surface area (Å²) in [6.45, 7) is 0. The van der Waals surface area contributed by atoms with Crippen molar-refractivity contribution >= 4 is 5.91 Å². The monoisotopic (exact) mass is 181 g/mol. The Bertz CT molecular complexity index is 290. The summed E-state index contributed by atoms with van der Waals surface area (Å²) in [5.41, 5.74) is 0.529. The van der Waals surface area contributed by atoms with Crippen LogP contribution in [0, 0.1) is 0 Å². The minimum atomic E-state index is -0.241. The number of amides is 1. The van der Waals surface area contributed by atoms with Gasteiger partial charge in [0.1, 0.15) is 0 Å². The molecule has 13 heavy (non-hydrogen) atoms. The van der Waals surface area contributed by atoms with Gasteiger partial charge in [0.25, 0.3) is 5.91 Å². The third-order valence-electron chi connectivity index (χ3n) is 2.21. The number of carbonyl (C=O) groups is 1. The van der Waals surface area contributed by atoms with Crippen molar-refractivity contribution < 1.29 is 9.90 Å². The number of aliphatic hydroxyl groups is 1. The molecule has 5 heteroatoms. The molecule has 1 saturated carbocycles. The zero-order valence-electron chi connectivity index (χ0n) is 7.03. The highest BCUT2D eigenvalue weighted by molar-refractivity contribution is 5.93. The lowest BCUT2D eigenvalue weighted by Gasteiger charge is -2.31. The Kier molecular flexibility index (Phi) is 2.02. The molecule has 2 rings (SSSR count). The van der Waals surface area contributed by atoms with Crippen LogP contribution >= 0.6 is 0 Å². The predicted octanol–water partition coefficient (Wildman–Crippen LogP) is -0.337. The van der Waals surface area contributed by atoms with Gasteiger partial charge in [0, 0.05) is 12.2 Å². The SMILES string of the molecule is O=C(NC1CC(O)C1)c1cn[nH]c1. The second-order valence-corrected chi connectivity index (χ2v) is 3.28. The Balaban J connectivity index is 1.86. The number of hydrogen-bond acceptors (Lipinski definition) is 3. The van der Waals surface area contributed by atoms with Crippen molar-refractivity contribution in [2.45, 2.75) is 25.0 Å². The van der Waals surface area contributed by atoms with Crippen molar-refractivity contribution in [1.29, 1.82) is 0 Å². The van der Waals surface area contributed by atoms with E-state index < -0.39 is 0 Å². The molecule has 1 aromatic rings. The number of nitrogens with one attached hydrogen (secondary N) is 2. The van der Waals surface area contributed by atoms with Gasteiger partial charge in [-0.25, -0.2) is 0 Å². The maximum atomic E-state index is 11.4. The summed E-state index contributed by atoms with van der Waals surface area (Å²) in [6.07, 6.45) is 4.09. The highest BCUT2D eigenvalue weighted by Gasteiger charge is 2.28. The number of hydrogen-bond donors (Lipinski definition) is 3. The van der Waals surface area contributed by atoms with Crippen LogP contribution in [0.25, 0.3) is 0 Å². The van der Waals surface area contributed by atoms with E-state index >= 15 is 0 Å². The van der Waals surface area contributed by atoms with Crippen LogP contribution in [0.1, 0.15) is 23.2 Å². The second-order valence-electron chi connectivity index (χ2n) is 3.28. The third-order valence-corrected chi connectivity index (χ3v) is 2.21. The highest BCUT2D eigenvalue weighted by atomic mass is 16.3. The summed E-state index contributed by atoms with van der Waals surface area (Å²) in [5, 5.41) is 18.0. The van der Waals surface area contributed by atoms with E-state index in [1.165, 1.54) is 6.20 Å². The number of aliphatic hydroxyl groups excluding tert-OH is 1. The van der Waals surface area contributed by atoms with Crippen LogP contribution in [0.15, 0.2) is 12.4 Å². The van der Waals surface area contributed by atoms with Gasteiger partial charge in [-0.15, -0.1) is 0 Å². The number of aromatic nitrogens is 2. The average Bonchev–Trinajstić information content (AvgIpc) is 2.53. The van der Waals surface area contributed by atoms with Crippen molar-refractivity contribution in [2.24, 2.45) is 0 Å². The minimum absolute atomic E-state index is 0.123. The smallest absolute Gasteiger partial charge is 0.254 e. The first-order chi connectivity index (χ1) is 6.25. The molecule has 5 nitrogen and oxygen atoms in total. The standard InChI is InChI=1S/C8H11N3O2/c12-7-1-6(2-7)11-8(13)5-3-9-10-4-5/h3-4,6-7,12H,1-2H2,(H,9,10)(H,11,13). The summed E-state index contributed by atoms with van der Waals surface area (Å²) < 4.78 is 0. The molecule has 0 atom stereocenters. The van der Waals surface area contributed by atoms with E-state index in [4.69, 9.17) is 5.11 Å². The molecular formula is C8H11N3O2. The maximum Gasteiger partial charge on any atom is 0.254 e. The van der Waals surface area contributed by atoms with E-state index in [-0.39, 0.29) is 18.1 Å². The quantitative estimate of drug-likeness (QED) is 0.584. The number of nitrogens with zero attached hydrogens (tertiary/aromatic N) is 1. The fraction of sp³-hybridized carbons (Fsp3) is 0.500. The molecule has 1 heterocycles. The van der Waals surface area contributed by atoms with Gasteiger partial charge in [-0.05, 0) is 12.8 Å². The largest absolute Gasteiger partial charge is 0.393 e. The van der Waals surface area contributed by atoms with Gasteiger partial charge in [-0.1, -0.05) is 0 Å². The fourth-order valence-electron chi connectivity index (χ4n) is 1.35. The first-order valence-corrected chi connectivity index (χ1v) is 4.23. The Labute approximate surface area is 75.2 Å². The Morgan fingerprint density at radius 2 is 2.46 bits per heavy atom. The third kappa shape index (κ3) is 1.70. The Morgan fingerprint density at radius 1 is 1.69 bits per heavy atom. The number of H-pyrrole nitrogens is 1. The van der Waals surface area contributed by atoms with Gasteiger partial charge in [0.05, 0.1) is 17.9 Å². The van der Waals surface area contributed by atoms with E-state index in [2.05, 4.69) is 15.5 Å². The summed E-state index contributed by atoms with van der Waals surface area (Å²) in [6, 6.07) is 0.123. The van der Waals surface area contributed by atoms with E-state index in [1.54, 1.807) is 6.20 Å². The molecule has 0 bridgehead atoms. The van der Waals surface area contributed by atoms with E-state index in [1.807, 2.05) is 0 Å². The van der Waals surface area contributed by atoms with Gasteiger partial charge in [0.15, 0.2) is 0 Å². The molecule has 0 aliphatic heterocycles. The molecule has 1 amide bonds. The second kappa shape index (κ2) is 3.18. The van der Waals surface area contributed by atoms with Crippen molar-refractivity contribution in [1.82, 2.24) is 15.5 Å². The molecule has 1 aromatic heterocycles. The maximum absolute atomic E-state index is 11.4. The van der Waals surface area contributed by atoms with Crippen LogP contribution in [-0.2, 0) is 0 Å². The number of aromatic amines is 1. The zero-order valence-corrected chi connectivity index (χ0v) is 7.03. The fourth-order valence-corrected chi connectivity index (χ4v) is 1.35. The first-order valence-electron chi connectivity index (χ1n) is 4.23. The normalized spacial score (nSPS) is 26.5. The number of rotatable bonds is 2. The highest BCUT2D eigenvalue weighted by Crippen LogP contribution is 2.19. The molecule has 1 aliphatic rings. The van der Waals surface area contributed by atoms with Crippen molar-refractivity contribution in [3.63, 3.8) is 0 Å². The Hall–Kier alpha value is -1.36. The van der Waals surface area contributed by atoms with Gasteiger partial charge >= 0.3 is 0 Å². The van der Waals surface area contributed by atoms with Crippen LogP contribution in [-0.4, -0.2) is 33.4 Å². The summed E-state index contributed by atoms with van der Waals surface area (Å²) in [7, 11) is 0. The van der Waals surface area contributed by atoms with Crippen LogP contribution in [0.5, 0.6) is 0 Å². The lowest BCUT2D eigenvalue weighted by molar-refractivity contribution is 0.0563. The topological polar surface area (TPSA) is 78.0 Å². The van der Waals surface area contributed by atoms with Gasteiger partial charge in [0.2, 0.25) is 0 Å². The van der Waals surface area contributed by atoms with Crippen molar-refractivity contribution in [3.8, 4) is 0 Å². The molecule has 3 N–H and O–H groups in total. The molecule has 1 fully saturated rings. The van der Waals surface area contributed by atoms with Crippen molar-refractivity contribution in [3.05, 3.63) is 18.0 Å². The van der Waals surface area contributed by atoms with E-state index in [0.29, 0.717) is 18.4 Å². The molecule has 0 aromatic carbocycles. The molecular weight excluding hydrogens is 170 g/mol. The zero-order chi connectivity index (χ0) is 9.26. The van der Waals surface area contributed by atoms with Gasteiger partial charge in [-0.2, -0.15) is 5.10 Å². The molecule has 0 radical (unpaired) electrons. The van der Waals surface area contributed by atoms with Gasteiger partial charge in [-0.3, -0.25) is 9.89 Å².